The number of likely N-dealkylation sites (N-methyl/N-ethyl adjacent to an activating group) is 1. The van der Waals surface area contributed by atoms with Crippen LogP contribution in [0.25, 0.3) is 0 Å². The Hall–Kier alpha value is -2.35. The van der Waals surface area contributed by atoms with Gasteiger partial charge in [-0.3, -0.25) is 4.79 Å². The van der Waals surface area contributed by atoms with Crippen molar-refractivity contribution in [3.63, 3.8) is 0 Å². The molecule has 132 valence electrons. The van der Waals surface area contributed by atoms with Crippen molar-refractivity contribution in [2.75, 3.05) is 40.3 Å². The number of rotatable bonds is 6. The molecule has 3 N–H and O–H groups in total. The summed E-state index contributed by atoms with van der Waals surface area (Å²) in [6.45, 7) is 2.15. The third-order valence-electron chi connectivity index (χ3n) is 4.09. The Bertz CT molecular complexity index is 598. The van der Waals surface area contributed by atoms with E-state index in [-0.39, 0.29) is 11.6 Å². The van der Waals surface area contributed by atoms with Crippen LogP contribution in [0, 0.1) is 0 Å². The summed E-state index contributed by atoms with van der Waals surface area (Å²) in [5, 5.41) is 9.05. The monoisotopic (exact) mass is 336 g/mol. The highest BCUT2D eigenvalue weighted by Crippen LogP contribution is 2.33. The smallest absolute Gasteiger partial charge is 0.407 e. The first-order valence-corrected chi connectivity index (χ1v) is 7.94. The number of aromatic nitrogens is 1. The van der Waals surface area contributed by atoms with Crippen LogP contribution in [0.3, 0.4) is 0 Å². The molecule has 0 aromatic carbocycles. The third kappa shape index (κ3) is 4.58. The van der Waals surface area contributed by atoms with Crippen molar-refractivity contribution < 1.29 is 19.4 Å². The number of carbonyl (C=O) groups excluding carboxylic acids is 1. The number of nitrogens with two attached hydrogens (primary N) is 1. The maximum atomic E-state index is 11.4. The molecule has 0 unspecified atom stereocenters. The van der Waals surface area contributed by atoms with Gasteiger partial charge in [-0.05, 0) is 39.1 Å². The summed E-state index contributed by atoms with van der Waals surface area (Å²) >= 11 is 0. The first kappa shape index (κ1) is 18.0. The number of carbonyl (C=O) groups is 2. The third-order valence-corrected chi connectivity index (χ3v) is 4.09. The van der Waals surface area contributed by atoms with Crippen molar-refractivity contribution >= 4 is 12.0 Å². The molecule has 0 spiro atoms. The van der Waals surface area contributed by atoms with Crippen LogP contribution in [0.4, 0.5) is 4.79 Å². The molecule has 1 aliphatic heterocycles. The van der Waals surface area contributed by atoms with E-state index in [1.807, 2.05) is 19.0 Å². The number of amides is 2. The van der Waals surface area contributed by atoms with Crippen LogP contribution in [-0.2, 0) is 0 Å². The van der Waals surface area contributed by atoms with E-state index >= 15 is 0 Å². The van der Waals surface area contributed by atoms with Crippen molar-refractivity contribution in [3.8, 4) is 5.75 Å². The van der Waals surface area contributed by atoms with E-state index in [4.69, 9.17) is 15.6 Å². The molecule has 2 heterocycles. The van der Waals surface area contributed by atoms with Gasteiger partial charge in [0.2, 0.25) is 0 Å². The lowest BCUT2D eigenvalue weighted by Crippen LogP contribution is -2.37. The molecule has 0 atom stereocenters. The number of ether oxygens (including phenoxy) is 1. The zero-order valence-electron chi connectivity index (χ0n) is 14.1. The van der Waals surface area contributed by atoms with Crippen molar-refractivity contribution in [1.29, 1.82) is 0 Å². The van der Waals surface area contributed by atoms with Crippen molar-refractivity contribution in [1.82, 2.24) is 14.8 Å². The highest BCUT2D eigenvalue weighted by atomic mass is 16.5. The van der Waals surface area contributed by atoms with Crippen molar-refractivity contribution in [2.45, 2.75) is 18.8 Å². The molecular formula is C16H24N4O4. The quantitative estimate of drug-likeness (QED) is 0.801. The molecule has 1 aliphatic rings. The van der Waals surface area contributed by atoms with Crippen LogP contribution in [-0.4, -0.2) is 72.2 Å². The summed E-state index contributed by atoms with van der Waals surface area (Å²) in [5.41, 5.74) is 6.22. The van der Waals surface area contributed by atoms with Gasteiger partial charge in [-0.2, -0.15) is 0 Å². The molecule has 1 aromatic heterocycles. The summed E-state index contributed by atoms with van der Waals surface area (Å²) in [5.74, 6) is 0.101. The van der Waals surface area contributed by atoms with E-state index < -0.39 is 12.0 Å². The SMILES string of the molecule is CN(C)CCOc1ccc(C(N)=O)nc1C1CCN(C(=O)O)CC1. The van der Waals surface area contributed by atoms with Gasteiger partial charge in [0.1, 0.15) is 18.1 Å². The lowest BCUT2D eigenvalue weighted by Gasteiger charge is -2.30. The molecule has 8 nitrogen and oxygen atoms in total. The molecule has 8 heteroatoms. The number of hydrogen-bond donors (Lipinski definition) is 2. The number of likely N-dealkylation sites (tertiary alicyclic amines) is 1. The van der Waals surface area contributed by atoms with E-state index in [0.29, 0.717) is 44.0 Å². The van der Waals surface area contributed by atoms with Crippen LogP contribution in [0.15, 0.2) is 12.1 Å². The molecule has 0 radical (unpaired) electrons. The predicted molar refractivity (Wildman–Crippen MR) is 88.4 cm³/mol. The van der Waals surface area contributed by atoms with Crippen LogP contribution in [0.1, 0.15) is 34.9 Å². The number of piperidine rings is 1. The topological polar surface area (TPSA) is 109 Å². The van der Waals surface area contributed by atoms with Crippen molar-refractivity contribution in [3.05, 3.63) is 23.5 Å². The second-order valence-electron chi connectivity index (χ2n) is 6.14. The predicted octanol–water partition coefficient (Wildman–Crippen LogP) is 0.978. The van der Waals surface area contributed by atoms with Crippen LogP contribution >= 0.6 is 0 Å². The molecule has 2 rings (SSSR count). The Kier molecular flexibility index (Phi) is 5.97. The molecule has 2 amide bonds. The highest BCUT2D eigenvalue weighted by molar-refractivity contribution is 5.90. The zero-order chi connectivity index (χ0) is 17.7. The normalized spacial score (nSPS) is 15.5. The maximum absolute atomic E-state index is 11.4. The van der Waals surface area contributed by atoms with Crippen LogP contribution in [0.2, 0.25) is 0 Å². The molecule has 0 bridgehead atoms. The van der Waals surface area contributed by atoms with Crippen LogP contribution in [0.5, 0.6) is 5.75 Å². The minimum atomic E-state index is -0.908. The van der Waals surface area contributed by atoms with Gasteiger partial charge in [0.25, 0.3) is 5.91 Å². The average Bonchev–Trinajstić information content (AvgIpc) is 2.54. The first-order chi connectivity index (χ1) is 11.4. The van der Waals surface area contributed by atoms with Gasteiger partial charge in [0.15, 0.2) is 0 Å². The Morgan fingerprint density at radius 3 is 2.58 bits per heavy atom. The summed E-state index contributed by atoms with van der Waals surface area (Å²) in [6, 6.07) is 3.28. The number of pyridine rings is 1. The zero-order valence-corrected chi connectivity index (χ0v) is 14.1. The van der Waals surface area contributed by atoms with Gasteiger partial charge in [-0.25, -0.2) is 9.78 Å². The summed E-state index contributed by atoms with van der Waals surface area (Å²) in [4.78, 5) is 30.2. The van der Waals surface area contributed by atoms with Crippen molar-refractivity contribution in [2.24, 2.45) is 5.73 Å². The summed E-state index contributed by atoms with van der Waals surface area (Å²) < 4.78 is 5.82. The fourth-order valence-corrected chi connectivity index (χ4v) is 2.70. The minimum absolute atomic E-state index is 0.0502. The molecule has 1 fully saturated rings. The summed E-state index contributed by atoms with van der Waals surface area (Å²) in [6.07, 6.45) is 0.381. The van der Waals surface area contributed by atoms with E-state index in [2.05, 4.69) is 4.98 Å². The Morgan fingerprint density at radius 1 is 1.38 bits per heavy atom. The number of nitrogens with zero attached hydrogens (tertiary/aromatic N) is 3. The van der Waals surface area contributed by atoms with E-state index in [1.54, 1.807) is 12.1 Å². The molecule has 1 aromatic rings. The lowest BCUT2D eigenvalue weighted by molar-refractivity contribution is 0.0995. The van der Waals surface area contributed by atoms with Gasteiger partial charge in [0.05, 0.1) is 5.69 Å². The maximum Gasteiger partial charge on any atom is 0.407 e. The van der Waals surface area contributed by atoms with Gasteiger partial charge >= 0.3 is 6.09 Å². The highest BCUT2D eigenvalue weighted by Gasteiger charge is 2.27. The Balaban J connectivity index is 2.16. The second-order valence-corrected chi connectivity index (χ2v) is 6.14. The number of carboxylic acid groups (broad SMARTS) is 1. The standard InChI is InChI=1S/C16H24N4O4/c1-19(2)9-10-24-13-4-3-12(15(17)21)18-14(13)11-5-7-20(8-6-11)16(22)23/h3-4,11H,5-10H2,1-2H3,(H2,17,21)(H,22,23). The summed E-state index contributed by atoms with van der Waals surface area (Å²) in [7, 11) is 3.92. The Morgan fingerprint density at radius 2 is 2.04 bits per heavy atom. The van der Waals surface area contributed by atoms with Gasteiger partial charge in [0, 0.05) is 25.6 Å². The molecule has 0 aliphatic carbocycles. The van der Waals surface area contributed by atoms with E-state index in [1.165, 1.54) is 4.90 Å². The number of primary amides is 1. The lowest BCUT2D eigenvalue weighted by atomic mass is 9.92. The Labute approximate surface area is 141 Å². The largest absolute Gasteiger partial charge is 0.490 e. The fraction of sp³-hybridized carbons (Fsp3) is 0.562. The number of hydrogen-bond acceptors (Lipinski definition) is 5. The average molecular weight is 336 g/mol. The molecule has 1 saturated heterocycles. The first-order valence-electron chi connectivity index (χ1n) is 7.94. The fourth-order valence-electron chi connectivity index (χ4n) is 2.70. The minimum Gasteiger partial charge on any atom is -0.490 e. The van der Waals surface area contributed by atoms with E-state index in [9.17, 15) is 9.59 Å². The van der Waals surface area contributed by atoms with Crippen LogP contribution < -0.4 is 10.5 Å². The molecule has 0 saturated carbocycles. The molecule has 24 heavy (non-hydrogen) atoms. The second kappa shape index (κ2) is 7.96. The molecular weight excluding hydrogens is 312 g/mol. The van der Waals surface area contributed by atoms with E-state index in [0.717, 1.165) is 6.54 Å². The van der Waals surface area contributed by atoms with Gasteiger partial charge in [-0.15, -0.1) is 0 Å². The van der Waals surface area contributed by atoms with Gasteiger partial charge in [-0.1, -0.05) is 0 Å². The van der Waals surface area contributed by atoms with Gasteiger partial charge < -0.3 is 25.4 Å².